The molecule has 1 aromatic carbocycles. The lowest BCUT2D eigenvalue weighted by Crippen LogP contribution is -2.25. The van der Waals surface area contributed by atoms with Crippen molar-refractivity contribution >= 4 is 52.0 Å². The van der Waals surface area contributed by atoms with Gasteiger partial charge in [0.15, 0.2) is 4.08 Å². The second-order valence-corrected chi connectivity index (χ2v) is 6.54. The molecule has 0 amide bonds. The van der Waals surface area contributed by atoms with Crippen molar-refractivity contribution in [1.29, 1.82) is 0 Å². The molecule has 0 atom stereocenters. The van der Waals surface area contributed by atoms with Gasteiger partial charge in [0.2, 0.25) is 5.12 Å². The first-order valence-electron chi connectivity index (χ1n) is 4.55. The van der Waals surface area contributed by atoms with Gasteiger partial charge in [0.05, 0.1) is 0 Å². The molecule has 0 aliphatic heterocycles. The normalized spacial score (nSPS) is 11.5. The van der Waals surface area contributed by atoms with E-state index in [-0.39, 0.29) is 5.12 Å². The molecule has 1 rings (SSSR count). The van der Waals surface area contributed by atoms with Crippen molar-refractivity contribution in [3.63, 3.8) is 0 Å². The lowest BCUT2D eigenvalue weighted by Gasteiger charge is -2.28. The van der Waals surface area contributed by atoms with Gasteiger partial charge >= 0.3 is 0 Å². The lowest BCUT2D eigenvalue weighted by molar-refractivity contribution is -0.111. The van der Waals surface area contributed by atoms with Crippen molar-refractivity contribution in [2.24, 2.45) is 0 Å². The van der Waals surface area contributed by atoms with Gasteiger partial charge in [-0.15, -0.1) is 23.5 Å². The van der Waals surface area contributed by atoms with Gasteiger partial charge in [-0.25, -0.2) is 0 Å². The Kier molecular flexibility index (Phi) is 5.57. The van der Waals surface area contributed by atoms with E-state index in [1.807, 2.05) is 43.0 Å². The average molecular weight is 293 g/mol. The Morgan fingerprint density at radius 1 is 1.12 bits per heavy atom. The number of carbonyl (C=O) groups excluding carboxylic acids is 1. The van der Waals surface area contributed by atoms with Gasteiger partial charge in [-0.05, 0) is 36.5 Å². The van der Waals surface area contributed by atoms with E-state index in [0.29, 0.717) is 5.02 Å². The van der Waals surface area contributed by atoms with E-state index < -0.39 is 4.08 Å². The van der Waals surface area contributed by atoms with Crippen molar-refractivity contribution in [2.75, 3.05) is 18.8 Å². The van der Waals surface area contributed by atoms with Crippen LogP contribution in [0.5, 0.6) is 0 Å². The zero-order chi connectivity index (χ0) is 12.2. The van der Waals surface area contributed by atoms with Gasteiger partial charge in [0.25, 0.3) is 0 Å². The third kappa shape index (κ3) is 2.73. The van der Waals surface area contributed by atoms with Gasteiger partial charge < -0.3 is 0 Å². The highest BCUT2D eigenvalue weighted by Gasteiger charge is 2.38. The SMILES string of the molecule is CSC(=O)C(SC)(SC)c1ccc(Cl)cc1. The van der Waals surface area contributed by atoms with Crippen LogP contribution in [0.1, 0.15) is 5.56 Å². The predicted molar refractivity (Wildman–Crippen MR) is 78.7 cm³/mol. The second-order valence-electron chi connectivity index (χ2n) is 3.02. The van der Waals surface area contributed by atoms with Gasteiger partial charge in [-0.3, -0.25) is 4.79 Å². The molecule has 16 heavy (non-hydrogen) atoms. The fourth-order valence-electron chi connectivity index (χ4n) is 1.41. The third-order valence-electron chi connectivity index (χ3n) is 2.25. The van der Waals surface area contributed by atoms with Gasteiger partial charge in [0.1, 0.15) is 0 Å². The molecule has 1 nitrogen and oxygen atoms in total. The van der Waals surface area contributed by atoms with Crippen molar-refractivity contribution < 1.29 is 4.79 Å². The molecule has 0 bridgehead atoms. The first-order chi connectivity index (χ1) is 7.60. The van der Waals surface area contributed by atoms with E-state index >= 15 is 0 Å². The summed E-state index contributed by atoms with van der Waals surface area (Å²) < 4.78 is -0.524. The summed E-state index contributed by atoms with van der Waals surface area (Å²) in [4.78, 5) is 12.1. The zero-order valence-corrected chi connectivity index (χ0v) is 12.5. The van der Waals surface area contributed by atoms with Crippen LogP contribution in [0.4, 0.5) is 0 Å². The molecular weight excluding hydrogens is 280 g/mol. The fourth-order valence-corrected chi connectivity index (χ4v) is 4.66. The molecule has 5 heteroatoms. The molecule has 1 aromatic rings. The van der Waals surface area contributed by atoms with Crippen molar-refractivity contribution in [1.82, 2.24) is 0 Å². The fraction of sp³-hybridized carbons (Fsp3) is 0.364. The van der Waals surface area contributed by atoms with Crippen LogP contribution >= 0.6 is 46.9 Å². The summed E-state index contributed by atoms with van der Waals surface area (Å²) in [7, 11) is 0. The van der Waals surface area contributed by atoms with Crippen LogP contribution in [0.25, 0.3) is 0 Å². The monoisotopic (exact) mass is 292 g/mol. The molecular formula is C11H13ClOS3. The number of rotatable bonds is 4. The zero-order valence-electron chi connectivity index (χ0n) is 9.32. The van der Waals surface area contributed by atoms with E-state index in [0.717, 1.165) is 5.56 Å². The first kappa shape index (κ1) is 14.3. The summed E-state index contributed by atoms with van der Waals surface area (Å²) in [5.41, 5.74) is 0.997. The third-order valence-corrected chi connectivity index (χ3v) is 6.43. The topological polar surface area (TPSA) is 17.1 Å². The van der Waals surface area contributed by atoms with Crippen molar-refractivity contribution in [2.45, 2.75) is 4.08 Å². The summed E-state index contributed by atoms with van der Waals surface area (Å²) >= 11 is 10.2. The quantitative estimate of drug-likeness (QED) is 0.777. The molecule has 0 spiro atoms. The van der Waals surface area contributed by atoms with Crippen LogP contribution in [0, 0.1) is 0 Å². The highest BCUT2D eigenvalue weighted by atomic mass is 35.5. The minimum atomic E-state index is -0.524. The van der Waals surface area contributed by atoms with Crippen LogP contribution in [0.3, 0.4) is 0 Å². The average Bonchev–Trinajstić information content (AvgIpc) is 2.33. The van der Waals surface area contributed by atoms with Crippen molar-refractivity contribution in [3.05, 3.63) is 34.9 Å². The number of carbonyl (C=O) groups is 1. The van der Waals surface area contributed by atoms with Crippen LogP contribution in [-0.2, 0) is 8.87 Å². The minimum absolute atomic E-state index is 0.162. The highest BCUT2D eigenvalue weighted by molar-refractivity contribution is 8.23. The van der Waals surface area contributed by atoms with Crippen molar-refractivity contribution in [3.8, 4) is 0 Å². The summed E-state index contributed by atoms with van der Waals surface area (Å²) in [6.07, 6.45) is 5.73. The van der Waals surface area contributed by atoms with E-state index in [1.54, 1.807) is 23.5 Å². The van der Waals surface area contributed by atoms with Crippen LogP contribution in [0.15, 0.2) is 24.3 Å². The molecule has 0 saturated carbocycles. The summed E-state index contributed by atoms with van der Waals surface area (Å²) in [5.74, 6) is 0. The number of benzene rings is 1. The standard InChI is InChI=1S/C11H13ClOS3/c1-14-10(13)11(15-2,16-3)8-4-6-9(12)7-5-8/h4-7H,1-3H3. The number of hydrogen-bond donors (Lipinski definition) is 0. The second kappa shape index (κ2) is 6.24. The molecule has 0 aliphatic rings. The Bertz CT molecular complexity index is 360. The molecule has 88 valence electrons. The largest absolute Gasteiger partial charge is 0.284 e. The maximum atomic E-state index is 12.1. The molecule has 0 unspecified atom stereocenters. The summed E-state index contributed by atoms with van der Waals surface area (Å²) in [5, 5.41) is 0.853. The van der Waals surface area contributed by atoms with E-state index in [1.165, 1.54) is 11.8 Å². The van der Waals surface area contributed by atoms with Gasteiger partial charge in [-0.1, -0.05) is 35.5 Å². The van der Waals surface area contributed by atoms with Crippen LogP contribution in [-0.4, -0.2) is 23.9 Å². The molecule has 0 heterocycles. The first-order valence-corrected chi connectivity index (χ1v) is 8.60. The van der Waals surface area contributed by atoms with Crippen LogP contribution in [0.2, 0.25) is 5.02 Å². The summed E-state index contributed by atoms with van der Waals surface area (Å²) in [6, 6.07) is 7.49. The number of hydrogen-bond acceptors (Lipinski definition) is 4. The Balaban J connectivity index is 3.20. The Hall–Kier alpha value is 0.230. The number of thioether (sulfide) groups is 3. The lowest BCUT2D eigenvalue weighted by atomic mass is 10.1. The minimum Gasteiger partial charge on any atom is -0.284 e. The maximum Gasteiger partial charge on any atom is 0.219 e. The van der Waals surface area contributed by atoms with E-state index in [9.17, 15) is 4.79 Å². The smallest absolute Gasteiger partial charge is 0.219 e. The molecule has 0 saturated heterocycles. The Morgan fingerprint density at radius 2 is 1.62 bits per heavy atom. The van der Waals surface area contributed by atoms with Gasteiger partial charge in [0, 0.05) is 5.02 Å². The van der Waals surface area contributed by atoms with Gasteiger partial charge in [-0.2, -0.15) is 0 Å². The Morgan fingerprint density at radius 3 is 2.00 bits per heavy atom. The predicted octanol–water partition coefficient (Wildman–Crippen LogP) is 4.11. The Labute approximate surface area is 114 Å². The van der Waals surface area contributed by atoms with Crippen LogP contribution < -0.4 is 0 Å². The molecule has 0 N–H and O–H groups in total. The number of halogens is 1. The molecule has 0 aromatic heterocycles. The molecule has 0 fully saturated rings. The molecule has 0 aliphatic carbocycles. The highest BCUT2D eigenvalue weighted by Crippen LogP contribution is 2.47. The van der Waals surface area contributed by atoms with E-state index in [2.05, 4.69) is 0 Å². The summed E-state index contributed by atoms with van der Waals surface area (Å²) in [6.45, 7) is 0. The van der Waals surface area contributed by atoms with E-state index in [4.69, 9.17) is 11.6 Å². The maximum absolute atomic E-state index is 12.1. The molecule has 0 radical (unpaired) electrons.